The van der Waals surface area contributed by atoms with Crippen LogP contribution in [0, 0.1) is 17.3 Å². The van der Waals surface area contributed by atoms with Crippen molar-refractivity contribution < 1.29 is 4.74 Å². The van der Waals surface area contributed by atoms with E-state index in [1.807, 2.05) is 0 Å². The van der Waals surface area contributed by atoms with Gasteiger partial charge in [0, 0.05) is 6.54 Å². The van der Waals surface area contributed by atoms with E-state index < -0.39 is 0 Å². The molecule has 2 atom stereocenters. The van der Waals surface area contributed by atoms with Gasteiger partial charge in [0.1, 0.15) is 5.72 Å². The Kier molecular flexibility index (Phi) is 3.84. The predicted molar refractivity (Wildman–Crippen MR) is 71.9 cm³/mol. The van der Waals surface area contributed by atoms with E-state index in [4.69, 9.17) is 4.74 Å². The van der Waals surface area contributed by atoms with Crippen LogP contribution in [0.3, 0.4) is 0 Å². The Morgan fingerprint density at radius 3 is 2.47 bits per heavy atom. The van der Waals surface area contributed by atoms with Gasteiger partial charge in [0.15, 0.2) is 0 Å². The Bertz CT molecular complexity index is 252. The summed E-state index contributed by atoms with van der Waals surface area (Å²) < 4.78 is 6.24. The third-order valence-corrected chi connectivity index (χ3v) is 4.84. The van der Waals surface area contributed by atoms with E-state index >= 15 is 0 Å². The zero-order valence-corrected chi connectivity index (χ0v) is 12.0. The fourth-order valence-corrected chi connectivity index (χ4v) is 3.09. The van der Waals surface area contributed by atoms with E-state index in [0.717, 1.165) is 19.1 Å². The largest absolute Gasteiger partial charge is 0.360 e. The van der Waals surface area contributed by atoms with Crippen molar-refractivity contribution in [3.05, 3.63) is 0 Å². The summed E-state index contributed by atoms with van der Waals surface area (Å²) in [7, 11) is 0. The Balaban J connectivity index is 1.93. The van der Waals surface area contributed by atoms with Crippen molar-refractivity contribution >= 4 is 0 Å². The van der Waals surface area contributed by atoms with Crippen LogP contribution in [-0.4, -0.2) is 18.9 Å². The number of nitrogens with one attached hydrogen (secondary N) is 1. The summed E-state index contributed by atoms with van der Waals surface area (Å²) in [5.74, 6) is 1.42. The van der Waals surface area contributed by atoms with Crippen LogP contribution < -0.4 is 5.32 Å². The molecular weight excluding hydrogens is 210 g/mol. The van der Waals surface area contributed by atoms with Gasteiger partial charge in [0.05, 0.1) is 6.61 Å². The molecule has 1 spiro atoms. The van der Waals surface area contributed by atoms with E-state index in [9.17, 15) is 0 Å². The van der Waals surface area contributed by atoms with Crippen molar-refractivity contribution in [2.24, 2.45) is 17.3 Å². The first-order valence-electron chi connectivity index (χ1n) is 7.32. The van der Waals surface area contributed by atoms with Crippen molar-refractivity contribution in [2.75, 3.05) is 13.2 Å². The Morgan fingerprint density at radius 1 is 1.12 bits per heavy atom. The minimum absolute atomic E-state index is 0.0131. The molecule has 1 N–H and O–H groups in total. The van der Waals surface area contributed by atoms with Gasteiger partial charge in [-0.2, -0.15) is 0 Å². The van der Waals surface area contributed by atoms with E-state index in [-0.39, 0.29) is 5.72 Å². The van der Waals surface area contributed by atoms with Crippen molar-refractivity contribution in [3.63, 3.8) is 0 Å². The molecule has 0 aromatic heterocycles. The smallest absolute Gasteiger partial charge is 0.119 e. The lowest BCUT2D eigenvalue weighted by molar-refractivity contribution is -0.131. The molecule has 1 heterocycles. The van der Waals surface area contributed by atoms with E-state index in [0.29, 0.717) is 11.3 Å². The summed E-state index contributed by atoms with van der Waals surface area (Å²) in [6.07, 6.45) is 6.30. The standard InChI is InChI=1S/C15H29NO/c1-12(2)13-10-16-15(17-11-13)7-5-6-14(3,4)8-9-15/h12-13,16H,5-11H2,1-4H3. The molecule has 0 aromatic carbocycles. The Labute approximate surface area is 107 Å². The van der Waals surface area contributed by atoms with Gasteiger partial charge < -0.3 is 4.74 Å². The summed E-state index contributed by atoms with van der Waals surface area (Å²) >= 11 is 0. The van der Waals surface area contributed by atoms with Crippen molar-refractivity contribution in [3.8, 4) is 0 Å². The van der Waals surface area contributed by atoms with Crippen LogP contribution in [0.2, 0.25) is 0 Å². The molecule has 2 fully saturated rings. The minimum atomic E-state index is 0.0131. The van der Waals surface area contributed by atoms with Gasteiger partial charge in [-0.25, -0.2) is 0 Å². The van der Waals surface area contributed by atoms with Crippen LogP contribution in [0.5, 0.6) is 0 Å². The molecule has 0 bridgehead atoms. The summed E-state index contributed by atoms with van der Waals surface area (Å²) in [5.41, 5.74) is 0.516. The number of rotatable bonds is 1. The van der Waals surface area contributed by atoms with Gasteiger partial charge >= 0.3 is 0 Å². The molecule has 1 aliphatic heterocycles. The molecule has 2 heteroatoms. The Hall–Kier alpha value is -0.0800. The molecule has 0 radical (unpaired) electrons. The summed E-state index contributed by atoms with van der Waals surface area (Å²) in [6.45, 7) is 11.5. The maximum Gasteiger partial charge on any atom is 0.119 e. The maximum atomic E-state index is 6.24. The highest BCUT2D eigenvalue weighted by Crippen LogP contribution is 2.40. The molecule has 2 aliphatic rings. The lowest BCUT2D eigenvalue weighted by Gasteiger charge is -2.42. The van der Waals surface area contributed by atoms with Crippen molar-refractivity contribution in [2.45, 2.75) is 65.5 Å². The molecular formula is C15H29NO. The van der Waals surface area contributed by atoms with Crippen LogP contribution in [0.15, 0.2) is 0 Å². The van der Waals surface area contributed by atoms with Crippen molar-refractivity contribution in [1.29, 1.82) is 0 Å². The third-order valence-electron chi connectivity index (χ3n) is 4.84. The molecule has 2 rings (SSSR count). The first-order valence-corrected chi connectivity index (χ1v) is 7.32. The van der Waals surface area contributed by atoms with Gasteiger partial charge in [0.25, 0.3) is 0 Å². The predicted octanol–water partition coefficient (Wildman–Crippen LogP) is 3.57. The van der Waals surface area contributed by atoms with E-state index in [1.165, 1.54) is 32.1 Å². The van der Waals surface area contributed by atoms with Crippen molar-refractivity contribution in [1.82, 2.24) is 5.32 Å². The SMILES string of the molecule is CC(C)C1CNC2(CCCC(C)(C)CC2)OC1. The first-order chi connectivity index (χ1) is 7.93. The van der Waals surface area contributed by atoms with Crippen LogP contribution >= 0.6 is 0 Å². The first kappa shape index (κ1) is 13.4. The average molecular weight is 239 g/mol. The number of hydrogen-bond donors (Lipinski definition) is 1. The molecule has 2 nitrogen and oxygen atoms in total. The normalized spacial score (nSPS) is 38.3. The van der Waals surface area contributed by atoms with Gasteiger partial charge in [-0.1, -0.05) is 27.7 Å². The lowest BCUT2D eigenvalue weighted by atomic mass is 9.84. The molecule has 2 unspecified atom stereocenters. The minimum Gasteiger partial charge on any atom is -0.360 e. The second-order valence-electron chi connectivity index (χ2n) is 7.21. The fourth-order valence-electron chi connectivity index (χ4n) is 3.09. The molecule has 17 heavy (non-hydrogen) atoms. The van der Waals surface area contributed by atoms with Crippen LogP contribution in [0.1, 0.15) is 59.8 Å². The second kappa shape index (κ2) is 4.89. The molecule has 0 aromatic rings. The highest BCUT2D eigenvalue weighted by molar-refractivity contribution is 4.89. The van der Waals surface area contributed by atoms with Crippen LogP contribution in [0.25, 0.3) is 0 Å². The van der Waals surface area contributed by atoms with Crippen LogP contribution in [0.4, 0.5) is 0 Å². The quantitative estimate of drug-likeness (QED) is 0.755. The van der Waals surface area contributed by atoms with E-state index in [2.05, 4.69) is 33.0 Å². The molecule has 1 saturated carbocycles. The Morgan fingerprint density at radius 2 is 1.88 bits per heavy atom. The lowest BCUT2D eigenvalue weighted by Crippen LogP contribution is -2.55. The topological polar surface area (TPSA) is 21.3 Å². The average Bonchev–Trinajstić information content (AvgIpc) is 2.40. The highest BCUT2D eigenvalue weighted by Gasteiger charge is 2.39. The van der Waals surface area contributed by atoms with Gasteiger partial charge in [-0.15, -0.1) is 0 Å². The second-order valence-corrected chi connectivity index (χ2v) is 7.21. The molecule has 1 saturated heterocycles. The molecule has 0 amide bonds. The molecule has 100 valence electrons. The monoisotopic (exact) mass is 239 g/mol. The van der Waals surface area contributed by atoms with Gasteiger partial charge in [-0.3, -0.25) is 5.32 Å². The van der Waals surface area contributed by atoms with E-state index in [1.54, 1.807) is 0 Å². The highest BCUT2D eigenvalue weighted by atomic mass is 16.5. The third kappa shape index (κ3) is 3.23. The number of hydrogen-bond acceptors (Lipinski definition) is 2. The summed E-state index contributed by atoms with van der Waals surface area (Å²) in [6, 6.07) is 0. The summed E-state index contributed by atoms with van der Waals surface area (Å²) in [5, 5.41) is 3.72. The summed E-state index contributed by atoms with van der Waals surface area (Å²) in [4.78, 5) is 0. The fraction of sp³-hybridized carbons (Fsp3) is 1.00. The van der Waals surface area contributed by atoms with Gasteiger partial charge in [0.2, 0.25) is 0 Å². The zero-order valence-electron chi connectivity index (χ0n) is 12.0. The number of ether oxygens (including phenoxy) is 1. The van der Waals surface area contributed by atoms with Gasteiger partial charge in [-0.05, 0) is 49.4 Å². The maximum absolute atomic E-state index is 6.24. The van der Waals surface area contributed by atoms with Crippen LogP contribution in [-0.2, 0) is 4.74 Å². The molecule has 1 aliphatic carbocycles. The zero-order chi connectivity index (χ0) is 12.5.